The van der Waals surface area contributed by atoms with Crippen LogP contribution in [0.15, 0.2) is 0 Å². The molecule has 1 aliphatic rings. The molecule has 1 heterocycles. The van der Waals surface area contributed by atoms with Crippen molar-refractivity contribution < 1.29 is 14.4 Å². The third-order valence-electron chi connectivity index (χ3n) is 2.37. The summed E-state index contributed by atoms with van der Waals surface area (Å²) < 4.78 is 4.68. The van der Waals surface area contributed by atoms with Crippen LogP contribution in [0.2, 0.25) is 0 Å². The zero-order valence-electron chi connectivity index (χ0n) is 7.22. The van der Waals surface area contributed by atoms with Crippen molar-refractivity contribution in [1.82, 2.24) is 0 Å². The predicted molar refractivity (Wildman–Crippen MR) is 41.4 cm³/mol. The van der Waals surface area contributed by atoms with Gasteiger partial charge >= 0.3 is 5.97 Å². The molecule has 1 rings (SSSR count). The van der Waals surface area contributed by atoms with E-state index in [1.165, 1.54) is 12.0 Å². The van der Waals surface area contributed by atoms with Crippen molar-refractivity contribution in [1.29, 1.82) is 0 Å². The van der Waals surface area contributed by atoms with E-state index in [0.717, 1.165) is 25.9 Å². The minimum atomic E-state index is -0.0301. The molecule has 0 amide bonds. The Morgan fingerprint density at radius 1 is 1.45 bits per heavy atom. The number of carbonyl (C=O) groups is 1. The number of nitrogens with one attached hydrogen (secondary N) is 1. The quantitative estimate of drug-likeness (QED) is 0.501. The van der Waals surface area contributed by atoms with Gasteiger partial charge in [0.25, 0.3) is 0 Å². The van der Waals surface area contributed by atoms with Gasteiger partial charge in [-0.2, -0.15) is 0 Å². The third-order valence-corrected chi connectivity index (χ3v) is 2.37. The van der Waals surface area contributed by atoms with Crippen LogP contribution >= 0.6 is 0 Å². The van der Waals surface area contributed by atoms with Crippen LogP contribution in [0.1, 0.15) is 12.8 Å². The lowest BCUT2D eigenvalue weighted by Gasteiger charge is -2.24. The van der Waals surface area contributed by atoms with Crippen LogP contribution in [-0.4, -0.2) is 33.2 Å². The topological polar surface area (TPSA) is 30.7 Å². The van der Waals surface area contributed by atoms with Crippen LogP contribution in [0.25, 0.3) is 0 Å². The molecule has 0 aliphatic carbocycles. The van der Waals surface area contributed by atoms with Crippen molar-refractivity contribution in [3.63, 3.8) is 0 Å². The number of hydrogen-bond acceptors (Lipinski definition) is 2. The Morgan fingerprint density at radius 2 is 2.00 bits per heavy atom. The first-order valence-electron chi connectivity index (χ1n) is 4.13. The van der Waals surface area contributed by atoms with E-state index in [4.69, 9.17) is 0 Å². The summed E-state index contributed by atoms with van der Waals surface area (Å²) in [7, 11) is 3.63. The summed E-state index contributed by atoms with van der Waals surface area (Å²) in [5, 5.41) is 0. The van der Waals surface area contributed by atoms with Crippen LogP contribution in [0.3, 0.4) is 0 Å². The van der Waals surface area contributed by atoms with Gasteiger partial charge in [0, 0.05) is 12.8 Å². The summed E-state index contributed by atoms with van der Waals surface area (Å²) >= 11 is 0. The van der Waals surface area contributed by atoms with Crippen molar-refractivity contribution in [2.45, 2.75) is 12.8 Å². The second kappa shape index (κ2) is 3.72. The SMILES string of the molecule is COC(=O)C1CC[NH+](C)CC1. The van der Waals surface area contributed by atoms with Crippen LogP contribution in [-0.2, 0) is 9.53 Å². The van der Waals surface area contributed by atoms with E-state index in [9.17, 15) is 4.79 Å². The Morgan fingerprint density at radius 3 is 2.45 bits per heavy atom. The number of hydrogen-bond donors (Lipinski definition) is 1. The van der Waals surface area contributed by atoms with Gasteiger partial charge in [-0.3, -0.25) is 4.79 Å². The fraction of sp³-hybridized carbons (Fsp3) is 0.875. The van der Waals surface area contributed by atoms with Gasteiger partial charge in [-0.25, -0.2) is 0 Å². The first kappa shape index (κ1) is 8.53. The second-order valence-electron chi connectivity index (χ2n) is 3.25. The average molecular weight is 158 g/mol. The summed E-state index contributed by atoms with van der Waals surface area (Å²) in [5.41, 5.74) is 0. The van der Waals surface area contributed by atoms with Gasteiger partial charge in [-0.05, 0) is 0 Å². The minimum absolute atomic E-state index is 0.0301. The normalized spacial score (nSPS) is 31.5. The predicted octanol–water partition coefficient (Wildman–Crippen LogP) is -0.916. The van der Waals surface area contributed by atoms with Gasteiger partial charge in [0.05, 0.1) is 33.2 Å². The molecule has 0 aromatic heterocycles. The van der Waals surface area contributed by atoms with Gasteiger partial charge in [0.15, 0.2) is 0 Å². The molecule has 1 saturated heterocycles. The largest absolute Gasteiger partial charge is 0.469 e. The highest BCUT2D eigenvalue weighted by Crippen LogP contribution is 2.10. The van der Waals surface area contributed by atoms with Crippen LogP contribution in [0, 0.1) is 5.92 Å². The Kier molecular flexibility index (Phi) is 2.88. The fourth-order valence-electron chi connectivity index (χ4n) is 1.51. The lowest BCUT2D eigenvalue weighted by atomic mass is 9.98. The highest BCUT2D eigenvalue weighted by molar-refractivity contribution is 5.72. The molecule has 1 aliphatic heterocycles. The number of ether oxygens (including phenoxy) is 1. The number of likely N-dealkylation sites (tertiary alicyclic amines) is 1. The van der Waals surface area contributed by atoms with E-state index in [2.05, 4.69) is 11.8 Å². The van der Waals surface area contributed by atoms with Gasteiger partial charge in [0.1, 0.15) is 0 Å². The molecular weight excluding hydrogens is 142 g/mol. The van der Waals surface area contributed by atoms with E-state index < -0.39 is 0 Å². The molecule has 1 N–H and O–H groups in total. The molecule has 0 spiro atoms. The molecule has 0 unspecified atom stereocenters. The summed E-state index contributed by atoms with van der Waals surface area (Å²) in [6, 6.07) is 0. The third kappa shape index (κ3) is 2.19. The molecule has 0 bridgehead atoms. The van der Waals surface area contributed by atoms with Crippen LogP contribution < -0.4 is 4.90 Å². The molecule has 3 nitrogen and oxygen atoms in total. The summed E-state index contributed by atoms with van der Waals surface area (Å²) in [5.74, 6) is 0.140. The van der Waals surface area contributed by atoms with E-state index in [1.54, 1.807) is 0 Å². The van der Waals surface area contributed by atoms with E-state index in [0.29, 0.717) is 0 Å². The number of rotatable bonds is 1. The number of esters is 1. The maximum Gasteiger partial charge on any atom is 0.309 e. The van der Waals surface area contributed by atoms with Crippen molar-refractivity contribution in [3.05, 3.63) is 0 Å². The Labute approximate surface area is 67.3 Å². The highest BCUT2D eigenvalue weighted by atomic mass is 16.5. The molecular formula is C8H16NO2+. The maximum absolute atomic E-state index is 11.0. The second-order valence-corrected chi connectivity index (χ2v) is 3.25. The highest BCUT2D eigenvalue weighted by Gasteiger charge is 2.25. The molecule has 0 aromatic rings. The van der Waals surface area contributed by atoms with Gasteiger partial charge in [-0.1, -0.05) is 0 Å². The molecule has 0 atom stereocenters. The van der Waals surface area contributed by atoms with E-state index in [-0.39, 0.29) is 11.9 Å². The molecule has 1 fully saturated rings. The first-order valence-corrected chi connectivity index (χ1v) is 4.13. The zero-order valence-corrected chi connectivity index (χ0v) is 7.22. The number of carbonyl (C=O) groups excluding carboxylic acids is 1. The monoisotopic (exact) mass is 158 g/mol. The lowest BCUT2D eigenvalue weighted by molar-refractivity contribution is -0.885. The van der Waals surface area contributed by atoms with Crippen LogP contribution in [0.4, 0.5) is 0 Å². The first-order chi connectivity index (χ1) is 5.24. The van der Waals surface area contributed by atoms with E-state index >= 15 is 0 Å². The average Bonchev–Trinajstić information content (AvgIpc) is 2.05. The van der Waals surface area contributed by atoms with Crippen LogP contribution in [0.5, 0.6) is 0 Å². The van der Waals surface area contributed by atoms with Gasteiger partial charge in [-0.15, -0.1) is 0 Å². The van der Waals surface area contributed by atoms with Crippen molar-refractivity contribution >= 4 is 5.97 Å². The molecule has 64 valence electrons. The fourth-order valence-corrected chi connectivity index (χ4v) is 1.51. The standard InChI is InChI=1S/C8H15NO2/c1-9-5-3-7(4-6-9)8(10)11-2/h7H,3-6H2,1-2H3/p+1. The molecule has 0 aromatic carbocycles. The minimum Gasteiger partial charge on any atom is -0.469 e. The number of methoxy groups -OCH3 is 1. The molecule has 0 radical (unpaired) electrons. The summed E-state index contributed by atoms with van der Waals surface area (Å²) in [6.45, 7) is 2.19. The summed E-state index contributed by atoms with van der Waals surface area (Å²) in [4.78, 5) is 12.6. The van der Waals surface area contributed by atoms with Crippen molar-refractivity contribution in [2.75, 3.05) is 27.2 Å². The summed E-state index contributed by atoms with van der Waals surface area (Å²) in [6.07, 6.45) is 1.97. The smallest absolute Gasteiger partial charge is 0.309 e. The number of quaternary nitrogens is 1. The number of piperidine rings is 1. The Hall–Kier alpha value is -0.570. The van der Waals surface area contributed by atoms with Gasteiger partial charge < -0.3 is 9.64 Å². The molecule has 0 saturated carbocycles. The van der Waals surface area contributed by atoms with Crippen molar-refractivity contribution in [2.24, 2.45) is 5.92 Å². The van der Waals surface area contributed by atoms with Crippen molar-refractivity contribution in [3.8, 4) is 0 Å². The maximum atomic E-state index is 11.0. The van der Waals surface area contributed by atoms with Gasteiger partial charge in [0.2, 0.25) is 0 Å². The van der Waals surface area contributed by atoms with E-state index in [1.807, 2.05) is 0 Å². The Bertz CT molecular complexity index is 139. The molecule has 11 heavy (non-hydrogen) atoms. The Balaban J connectivity index is 2.33. The molecule has 3 heteroatoms. The lowest BCUT2D eigenvalue weighted by Crippen LogP contribution is -3.10. The zero-order chi connectivity index (χ0) is 8.27.